The van der Waals surface area contributed by atoms with Gasteiger partial charge in [-0.1, -0.05) is 15.9 Å². The fourth-order valence-corrected chi connectivity index (χ4v) is 2.06. The lowest BCUT2D eigenvalue weighted by Crippen LogP contribution is -2.18. The third-order valence-corrected chi connectivity index (χ3v) is 3.38. The van der Waals surface area contributed by atoms with Gasteiger partial charge in [0, 0.05) is 5.56 Å². The Morgan fingerprint density at radius 1 is 1.24 bits per heavy atom. The molecule has 0 aliphatic heterocycles. The van der Waals surface area contributed by atoms with Crippen LogP contribution in [0.1, 0.15) is 27.0 Å². The molecule has 0 aromatic heterocycles. The van der Waals surface area contributed by atoms with Gasteiger partial charge in [-0.25, -0.2) is 0 Å². The predicted octanol–water partition coefficient (Wildman–Crippen LogP) is 2.77. The van der Waals surface area contributed by atoms with Crippen LogP contribution in [0.5, 0.6) is 5.75 Å². The number of benzene rings is 1. The Labute approximate surface area is 109 Å². The van der Waals surface area contributed by atoms with E-state index in [-0.39, 0.29) is 5.33 Å². The van der Waals surface area contributed by atoms with E-state index in [1.807, 2.05) is 20.8 Å². The van der Waals surface area contributed by atoms with Gasteiger partial charge in [-0.15, -0.1) is 0 Å². The molecule has 0 radical (unpaired) electrons. The first-order valence-corrected chi connectivity index (χ1v) is 6.34. The Balaban J connectivity index is 3.40. The summed E-state index contributed by atoms with van der Waals surface area (Å²) in [6, 6.07) is 1.79. The van der Waals surface area contributed by atoms with Crippen molar-refractivity contribution in [3.63, 3.8) is 0 Å². The van der Waals surface area contributed by atoms with Crippen LogP contribution >= 0.6 is 15.9 Å². The molecule has 1 rings (SSSR count). The number of ether oxygens (including phenoxy) is 1. The highest BCUT2D eigenvalue weighted by Gasteiger charge is 2.21. The summed E-state index contributed by atoms with van der Waals surface area (Å²) >= 11 is 3.01. The van der Waals surface area contributed by atoms with Crippen molar-refractivity contribution < 1.29 is 14.3 Å². The summed E-state index contributed by atoms with van der Waals surface area (Å²) in [5, 5.41) is 0.0514. The fourth-order valence-electron chi connectivity index (χ4n) is 1.81. The van der Waals surface area contributed by atoms with E-state index in [0.717, 1.165) is 22.4 Å². The molecular formula is C13H15BrO3. The number of hydrogen-bond acceptors (Lipinski definition) is 3. The number of aryl methyl sites for hydroxylation is 1. The maximum atomic E-state index is 11.9. The lowest BCUT2D eigenvalue weighted by atomic mass is 9.93. The molecule has 0 aliphatic carbocycles. The smallest absolute Gasteiger partial charge is 0.230 e. The molecule has 0 aliphatic rings. The standard InChI is InChI=1S/C13H15BrO3/c1-7-5-11(17-4)8(2)9(3)12(7)13(16)10(15)6-14/h5H,6H2,1-4H3. The molecule has 0 saturated carbocycles. The quantitative estimate of drug-likeness (QED) is 0.488. The predicted molar refractivity (Wildman–Crippen MR) is 70.3 cm³/mol. The SMILES string of the molecule is COc1cc(C)c(C(=O)C(=O)CBr)c(C)c1C. The van der Waals surface area contributed by atoms with E-state index in [1.54, 1.807) is 13.2 Å². The Morgan fingerprint density at radius 2 is 1.82 bits per heavy atom. The van der Waals surface area contributed by atoms with Gasteiger partial charge in [0.05, 0.1) is 12.4 Å². The molecular weight excluding hydrogens is 284 g/mol. The molecule has 0 spiro atoms. The highest BCUT2D eigenvalue weighted by atomic mass is 79.9. The zero-order valence-corrected chi connectivity index (χ0v) is 12.0. The van der Waals surface area contributed by atoms with Gasteiger partial charge in [-0.2, -0.15) is 0 Å². The van der Waals surface area contributed by atoms with Crippen LogP contribution in [-0.4, -0.2) is 24.0 Å². The molecule has 3 nitrogen and oxygen atoms in total. The highest BCUT2D eigenvalue weighted by Crippen LogP contribution is 2.27. The van der Waals surface area contributed by atoms with E-state index in [1.165, 1.54) is 0 Å². The first kappa shape index (κ1) is 13.9. The Kier molecular flexibility index (Phi) is 4.46. The highest BCUT2D eigenvalue weighted by molar-refractivity contribution is 9.09. The van der Waals surface area contributed by atoms with E-state index in [4.69, 9.17) is 4.74 Å². The summed E-state index contributed by atoms with van der Waals surface area (Å²) in [4.78, 5) is 23.4. The second-order valence-electron chi connectivity index (χ2n) is 3.91. The van der Waals surface area contributed by atoms with E-state index >= 15 is 0 Å². The van der Waals surface area contributed by atoms with E-state index in [0.29, 0.717) is 5.56 Å². The summed E-state index contributed by atoms with van der Waals surface area (Å²) < 4.78 is 5.22. The van der Waals surface area contributed by atoms with Gasteiger partial charge in [0.1, 0.15) is 5.75 Å². The van der Waals surface area contributed by atoms with Gasteiger partial charge in [-0.05, 0) is 43.5 Å². The van der Waals surface area contributed by atoms with Crippen LogP contribution < -0.4 is 4.74 Å². The number of alkyl halides is 1. The summed E-state index contributed by atoms with van der Waals surface area (Å²) in [7, 11) is 1.59. The minimum Gasteiger partial charge on any atom is -0.496 e. The van der Waals surface area contributed by atoms with Crippen molar-refractivity contribution in [2.45, 2.75) is 20.8 Å². The third-order valence-electron chi connectivity index (χ3n) is 2.87. The van der Waals surface area contributed by atoms with E-state index < -0.39 is 11.6 Å². The number of rotatable bonds is 4. The van der Waals surface area contributed by atoms with Crippen molar-refractivity contribution in [2.24, 2.45) is 0 Å². The number of carbonyl (C=O) groups excluding carboxylic acids is 2. The minimum absolute atomic E-state index is 0.0514. The average molecular weight is 299 g/mol. The number of ketones is 2. The van der Waals surface area contributed by atoms with Gasteiger partial charge in [0.15, 0.2) is 0 Å². The monoisotopic (exact) mass is 298 g/mol. The van der Waals surface area contributed by atoms with Crippen LogP contribution in [-0.2, 0) is 4.79 Å². The van der Waals surface area contributed by atoms with Gasteiger partial charge in [-0.3, -0.25) is 9.59 Å². The first-order valence-electron chi connectivity index (χ1n) is 5.22. The van der Waals surface area contributed by atoms with Crippen molar-refractivity contribution in [2.75, 3.05) is 12.4 Å². The minimum atomic E-state index is -0.442. The molecule has 0 unspecified atom stereocenters. The molecule has 17 heavy (non-hydrogen) atoms. The second kappa shape index (κ2) is 5.45. The van der Waals surface area contributed by atoms with E-state index in [2.05, 4.69) is 15.9 Å². The van der Waals surface area contributed by atoms with Crippen molar-refractivity contribution in [3.8, 4) is 5.75 Å². The molecule has 0 saturated heterocycles. The molecule has 4 heteroatoms. The summed E-state index contributed by atoms with van der Waals surface area (Å²) in [6.45, 7) is 5.52. The van der Waals surface area contributed by atoms with Gasteiger partial charge in [0.25, 0.3) is 0 Å². The maximum absolute atomic E-state index is 11.9. The van der Waals surface area contributed by atoms with Crippen LogP contribution in [0.25, 0.3) is 0 Å². The molecule has 0 heterocycles. The van der Waals surface area contributed by atoms with Crippen LogP contribution in [0, 0.1) is 20.8 Å². The lowest BCUT2D eigenvalue weighted by molar-refractivity contribution is -0.112. The largest absolute Gasteiger partial charge is 0.496 e. The Hall–Kier alpha value is -1.16. The van der Waals surface area contributed by atoms with Crippen molar-refractivity contribution in [3.05, 3.63) is 28.3 Å². The van der Waals surface area contributed by atoms with Crippen molar-refractivity contribution in [1.82, 2.24) is 0 Å². The normalized spacial score (nSPS) is 10.2. The number of halogens is 1. The molecule has 0 bridgehead atoms. The van der Waals surface area contributed by atoms with Crippen LogP contribution in [0.3, 0.4) is 0 Å². The molecule has 92 valence electrons. The lowest BCUT2D eigenvalue weighted by Gasteiger charge is -2.14. The fraction of sp³-hybridized carbons (Fsp3) is 0.385. The molecule has 1 aromatic carbocycles. The molecule has 0 N–H and O–H groups in total. The zero-order chi connectivity index (χ0) is 13.2. The molecule has 0 fully saturated rings. The average Bonchev–Trinajstić information content (AvgIpc) is 2.32. The van der Waals surface area contributed by atoms with Crippen molar-refractivity contribution >= 4 is 27.5 Å². The number of hydrogen-bond donors (Lipinski definition) is 0. The van der Waals surface area contributed by atoms with E-state index in [9.17, 15) is 9.59 Å². The summed E-state index contributed by atoms with van der Waals surface area (Å²) in [5.41, 5.74) is 2.96. The number of carbonyl (C=O) groups is 2. The van der Waals surface area contributed by atoms with Gasteiger partial charge >= 0.3 is 0 Å². The summed E-state index contributed by atoms with van der Waals surface area (Å²) in [5.74, 6) is -0.133. The zero-order valence-electron chi connectivity index (χ0n) is 10.4. The second-order valence-corrected chi connectivity index (χ2v) is 4.47. The Bertz CT molecular complexity index is 478. The maximum Gasteiger partial charge on any atom is 0.230 e. The molecule has 0 amide bonds. The number of Topliss-reactive ketones (excluding diaryl/α,β-unsaturated/α-hetero) is 2. The third kappa shape index (κ3) is 2.57. The van der Waals surface area contributed by atoms with Crippen molar-refractivity contribution in [1.29, 1.82) is 0 Å². The van der Waals surface area contributed by atoms with Gasteiger partial charge in [0.2, 0.25) is 11.6 Å². The van der Waals surface area contributed by atoms with Crippen LogP contribution in [0.4, 0.5) is 0 Å². The molecule has 1 aromatic rings. The topological polar surface area (TPSA) is 43.4 Å². The van der Waals surface area contributed by atoms with Crippen LogP contribution in [0.15, 0.2) is 6.07 Å². The summed E-state index contributed by atoms with van der Waals surface area (Å²) in [6.07, 6.45) is 0. The van der Waals surface area contributed by atoms with Gasteiger partial charge < -0.3 is 4.74 Å². The van der Waals surface area contributed by atoms with Crippen LogP contribution in [0.2, 0.25) is 0 Å². The Morgan fingerprint density at radius 3 is 2.29 bits per heavy atom. The first-order chi connectivity index (χ1) is 7.93. The molecule has 0 atom stereocenters. The number of methoxy groups -OCH3 is 1.